The summed E-state index contributed by atoms with van der Waals surface area (Å²) in [7, 11) is 1.64. The molecule has 19 heavy (non-hydrogen) atoms. The fraction of sp³-hybridized carbons (Fsp3) is 0.929. The van der Waals surface area contributed by atoms with Gasteiger partial charge in [-0.25, -0.2) is 0 Å². The van der Waals surface area contributed by atoms with Crippen LogP contribution in [0.5, 0.6) is 0 Å². The number of methoxy groups -OCH3 is 1. The van der Waals surface area contributed by atoms with Crippen LogP contribution in [0.1, 0.15) is 33.1 Å². The lowest BCUT2D eigenvalue weighted by Crippen LogP contribution is -2.53. The first-order chi connectivity index (χ1) is 9.19. The van der Waals surface area contributed by atoms with Crippen molar-refractivity contribution in [2.45, 2.75) is 45.2 Å². The number of nitrogens with zero attached hydrogens (tertiary/aromatic N) is 1. The van der Waals surface area contributed by atoms with E-state index in [0.717, 1.165) is 13.1 Å². The van der Waals surface area contributed by atoms with E-state index < -0.39 is 0 Å². The Morgan fingerprint density at radius 2 is 2.26 bits per heavy atom. The molecule has 5 heteroatoms. The number of likely N-dealkylation sites (N-methyl/N-ethyl adjacent to an activating group) is 1. The molecular weight excluding hydrogens is 242 g/mol. The highest BCUT2D eigenvalue weighted by Gasteiger charge is 2.27. The average molecular weight is 271 g/mol. The maximum Gasteiger partial charge on any atom is 0.234 e. The van der Waals surface area contributed by atoms with Crippen molar-refractivity contribution in [2.75, 3.05) is 39.9 Å². The average Bonchev–Trinajstić information content (AvgIpc) is 2.40. The van der Waals surface area contributed by atoms with Crippen LogP contribution in [0.3, 0.4) is 0 Å². The van der Waals surface area contributed by atoms with Crippen molar-refractivity contribution in [2.24, 2.45) is 0 Å². The summed E-state index contributed by atoms with van der Waals surface area (Å²) in [4.78, 5) is 14.2. The highest BCUT2D eigenvalue weighted by Crippen LogP contribution is 2.19. The van der Waals surface area contributed by atoms with E-state index in [1.54, 1.807) is 7.11 Å². The van der Waals surface area contributed by atoms with Crippen LogP contribution in [0, 0.1) is 0 Å². The van der Waals surface area contributed by atoms with E-state index in [-0.39, 0.29) is 5.91 Å². The van der Waals surface area contributed by atoms with Crippen LogP contribution in [-0.4, -0.2) is 62.8 Å². The Balaban J connectivity index is 2.41. The Morgan fingerprint density at radius 3 is 2.95 bits per heavy atom. The summed E-state index contributed by atoms with van der Waals surface area (Å²) >= 11 is 0. The maximum absolute atomic E-state index is 11.9. The van der Waals surface area contributed by atoms with E-state index in [1.165, 1.54) is 19.3 Å². The Labute approximate surface area is 117 Å². The van der Waals surface area contributed by atoms with Crippen LogP contribution in [0.2, 0.25) is 0 Å². The van der Waals surface area contributed by atoms with Gasteiger partial charge in [-0.3, -0.25) is 9.69 Å². The van der Waals surface area contributed by atoms with Crippen LogP contribution >= 0.6 is 0 Å². The Morgan fingerprint density at radius 1 is 1.47 bits per heavy atom. The number of amides is 1. The molecule has 1 aliphatic rings. The van der Waals surface area contributed by atoms with Gasteiger partial charge in [0.25, 0.3) is 0 Å². The summed E-state index contributed by atoms with van der Waals surface area (Å²) in [5.74, 6) is 0.104. The number of rotatable bonds is 8. The monoisotopic (exact) mass is 271 g/mol. The molecular formula is C14H29N3O2. The van der Waals surface area contributed by atoms with Crippen LogP contribution in [-0.2, 0) is 9.53 Å². The van der Waals surface area contributed by atoms with E-state index in [0.29, 0.717) is 31.8 Å². The molecule has 2 atom stereocenters. The standard InChI is InChI=1S/C14H29N3O2/c1-4-15-12(2)13-7-5-6-9-17(13)11-14(18)16-8-10-19-3/h12-13,15H,4-11H2,1-3H3,(H,16,18). The maximum atomic E-state index is 11.9. The van der Waals surface area contributed by atoms with Crippen molar-refractivity contribution >= 4 is 5.91 Å². The van der Waals surface area contributed by atoms with Crippen molar-refractivity contribution in [3.63, 3.8) is 0 Å². The molecule has 1 rings (SSSR count). The minimum Gasteiger partial charge on any atom is -0.383 e. The zero-order chi connectivity index (χ0) is 14.1. The van der Waals surface area contributed by atoms with Gasteiger partial charge in [0.05, 0.1) is 13.2 Å². The van der Waals surface area contributed by atoms with Gasteiger partial charge in [-0.1, -0.05) is 13.3 Å². The normalized spacial score (nSPS) is 22.2. The van der Waals surface area contributed by atoms with E-state index in [9.17, 15) is 4.79 Å². The number of piperidine rings is 1. The first-order valence-electron chi connectivity index (χ1n) is 7.42. The number of carbonyl (C=O) groups is 1. The van der Waals surface area contributed by atoms with Crippen molar-refractivity contribution in [1.82, 2.24) is 15.5 Å². The molecule has 0 aromatic heterocycles. The zero-order valence-electron chi connectivity index (χ0n) is 12.6. The summed E-state index contributed by atoms with van der Waals surface area (Å²) in [6.07, 6.45) is 3.64. The molecule has 2 unspecified atom stereocenters. The van der Waals surface area contributed by atoms with Crippen LogP contribution in [0.25, 0.3) is 0 Å². The number of hydrogen-bond donors (Lipinski definition) is 2. The van der Waals surface area contributed by atoms with Gasteiger partial charge >= 0.3 is 0 Å². The predicted molar refractivity (Wildman–Crippen MR) is 77.2 cm³/mol. The molecule has 1 heterocycles. The van der Waals surface area contributed by atoms with Crippen LogP contribution < -0.4 is 10.6 Å². The number of hydrogen-bond acceptors (Lipinski definition) is 4. The topological polar surface area (TPSA) is 53.6 Å². The van der Waals surface area contributed by atoms with E-state index in [1.807, 2.05) is 0 Å². The second-order valence-electron chi connectivity index (χ2n) is 5.22. The fourth-order valence-corrected chi connectivity index (χ4v) is 2.77. The Kier molecular flexibility index (Phi) is 8.02. The molecule has 2 N–H and O–H groups in total. The first kappa shape index (κ1) is 16.4. The molecule has 1 fully saturated rings. The van der Waals surface area contributed by atoms with Gasteiger partial charge in [0.2, 0.25) is 5.91 Å². The molecule has 0 saturated carbocycles. The van der Waals surface area contributed by atoms with Crippen LogP contribution in [0.4, 0.5) is 0 Å². The van der Waals surface area contributed by atoms with E-state index >= 15 is 0 Å². The molecule has 0 spiro atoms. The fourth-order valence-electron chi connectivity index (χ4n) is 2.77. The number of ether oxygens (including phenoxy) is 1. The molecule has 5 nitrogen and oxygen atoms in total. The van der Waals surface area contributed by atoms with E-state index in [4.69, 9.17) is 4.74 Å². The molecule has 0 radical (unpaired) electrons. The lowest BCUT2D eigenvalue weighted by atomic mass is 9.96. The summed E-state index contributed by atoms with van der Waals surface area (Å²) < 4.78 is 4.94. The number of carbonyl (C=O) groups excluding carboxylic acids is 1. The van der Waals surface area contributed by atoms with Crippen molar-refractivity contribution in [1.29, 1.82) is 0 Å². The quantitative estimate of drug-likeness (QED) is 0.635. The van der Waals surface area contributed by atoms with Gasteiger partial charge in [0.15, 0.2) is 0 Å². The molecule has 1 amide bonds. The second-order valence-corrected chi connectivity index (χ2v) is 5.22. The third-order valence-electron chi connectivity index (χ3n) is 3.74. The third-order valence-corrected chi connectivity index (χ3v) is 3.74. The lowest BCUT2D eigenvalue weighted by Gasteiger charge is -2.39. The van der Waals surface area contributed by atoms with Crippen molar-refractivity contribution < 1.29 is 9.53 Å². The van der Waals surface area contributed by atoms with Gasteiger partial charge in [-0.05, 0) is 32.9 Å². The lowest BCUT2D eigenvalue weighted by molar-refractivity contribution is -0.123. The summed E-state index contributed by atoms with van der Waals surface area (Å²) in [5.41, 5.74) is 0. The SMILES string of the molecule is CCNC(C)C1CCCCN1CC(=O)NCCOC. The molecule has 0 aliphatic carbocycles. The molecule has 112 valence electrons. The van der Waals surface area contributed by atoms with E-state index in [2.05, 4.69) is 29.4 Å². The smallest absolute Gasteiger partial charge is 0.234 e. The van der Waals surface area contributed by atoms with Crippen LogP contribution in [0.15, 0.2) is 0 Å². The number of nitrogens with one attached hydrogen (secondary N) is 2. The van der Waals surface area contributed by atoms with Gasteiger partial charge < -0.3 is 15.4 Å². The summed E-state index contributed by atoms with van der Waals surface area (Å²) in [5, 5.41) is 6.37. The minimum absolute atomic E-state index is 0.104. The highest BCUT2D eigenvalue weighted by molar-refractivity contribution is 5.78. The summed E-state index contributed by atoms with van der Waals surface area (Å²) in [6.45, 7) is 8.02. The minimum atomic E-state index is 0.104. The summed E-state index contributed by atoms with van der Waals surface area (Å²) in [6, 6.07) is 0.916. The van der Waals surface area contributed by atoms with Crippen molar-refractivity contribution in [3.8, 4) is 0 Å². The van der Waals surface area contributed by atoms with Gasteiger partial charge in [0, 0.05) is 25.7 Å². The second kappa shape index (κ2) is 9.28. The van der Waals surface area contributed by atoms with Gasteiger partial charge in [-0.2, -0.15) is 0 Å². The molecule has 0 aromatic carbocycles. The molecule has 1 saturated heterocycles. The molecule has 0 aromatic rings. The van der Waals surface area contributed by atoms with Gasteiger partial charge in [-0.15, -0.1) is 0 Å². The largest absolute Gasteiger partial charge is 0.383 e. The Bertz CT molecular complexity index is 261. The van der Waals surface area contributed by atoms with Crippen molar-refractivity contribution in [3.05, 3.63) is 0 Å². The predicted octanol–water partition coefficient (Wildman–Crippen LogP) is 0.602. The highest BCUT2D eigenvalue weighted by atomic mass is 16.5. The molecule has 0 bridgehead atoms. The third kappa shape index (κ3) is 5.89. The first-order valence-corrected chi connectivity index (χ1v) is 7.42. The Hall–Kier alpha value is -0.650. The van der Waals surface area contributed by atoms with Gasteiger partial charge in [0.1, 0.15) is 0 Å². The number of likely N-dealkylation sites (tertiary alicyclic amines) is 1. The molecule has 1 aliphatic heterocycles. The zero-order valence-corrected chi connectivity index (χ0v) is 12.6.